The van der Waals surface area contributed by atoms with Gasteiger partial charge in [-0.15, -0.1) is 0 Å². The van der Waals surface area contributed by atoms with E-state index >= 15 is 0 Å². The van der Waals surface area contributed by atoms with Gasteiger partial charge in [-0.05, 0) is 24.8 Å². The molecular formula is C20H19N5O6. The van der Waals surface area contributed by atoms with Gasteiger partial charge in [0.05, 0.1) is 12.5 Å². The molecule has 0 unspecified atom stereocenters. The molecule has 0 radical (unpaired) electrons. The molecule has 160 valence electrons. The molecule has 1 amide bonds. The molecule has 4 heterocycles. The number of fused-ring (bicyclic) bond motifs is 1. The van der Waals surface area contributed by atoms with Crippen LogP contribution in [0.15, 0.2) is 27.3 Å². The molecule has 0 aromatic carbocycles. The van der Waals surface area contributed by atoms with E-state index in [2.05, 4.69) is 19.9 Å². The van der Waals surface area contributed by atoms with E-state index in [1.54, 1.807) is 17.0 Å². The Morgan fingerprint density at radius 2 is 2.16 bits per heavy atom. The first-order valence-electron chi connectivity index (χ1n) is 9.67. The summed E-state index contributed by atoms with van der Waals surface area (Å²) in [6.45, 7) is 0.639. The number of aromatic nitrogens is 3. The molecule has 0 bridgehead atoms. The zero-order valence-corrected chi connectivity index (χ0v) is 16.7. The number of furan rings is 1. The maximum absolute atomic E-state index is 12.0. The Bertz CT molecular complexity index is 1140. The minimum atomic E-state index is -0.597. The van der Waals surface area contributed by atoms with E-state index < -0.39 is 18.7 Å². The first-order valence-corrected chi connectivity index (χ1v) is 9.67. The number of pyridine rings is 1. The van der Waals surface area contributed by atoms with Crippen molar-refractivity contribution in [2.75, 3.05) is 26.8 Å². The molecule has 0 N–H and O–H groups in total. The molecule has 0 aliphatic carbocycles. The lowest BCUT2D eigenvalue weighted by molar-refractivity contribution is -0.144. The van der Waals surface area contributed by atoms with E-state index in [1.807, 2.05) is 6.07 Å². The highest BCUT2D eigenvalue weighted by Gasteiger charge is 2.26. The average molecular weight is 425 g/mol. The summed E-state index contributed by atoms with van der Waals surface area (Å²) in [6, 6.07) is 5.36. The van der Waals surface area contributed by atoms with Crippen LogP contribution in [0.1, 0.15) is 24.4 Å². The zero-order valence-electron chi connectivity index (χ0n) is 16.7. The third-order valence-electron chi connectivity index (χ3n) is 5.12. The SMILES string of the molecule is COC(=O)COC(=O)N1CCC(Cc2noc(-c3cc4c(C#N)nccc4o3)n2)CC1. The Morgan fingerprint density at radius 3 is 2.90 bits per heavy atom. The number of ether oxygens (including phenoxy) is 2. The molecule has 31 heavy (non-hydrogen) atoms. The second kappa shape index (κ2) is 8.83. The number of carbonyl (C=O) groups excluding carboxylic acids is 2. The van der Waals surface area contributed by atoms with Gasteiger partial charge in [0.25, 0.3) is 5.89 Å². The first-order chi connectivity index (χ1) is 15.1. The van der Waals surface area contributed by atoms with Gasteiger partial charge in [0.2, 0.25) is 0 Å². The van der Waals surface area contributed by atoms with Crippen molar-refractivity contribution >= 4 is 23.0 Å². The van der Waals surface area contributed by atoms with Gasteiger partial charge in [-0.25, -0.2) is 14.6 Å². The monoisotopic (exact) mass is 425 g/mol. The summed E-state index contributed by atoms with van der Waals surface area (Å²) in [5, 5.41) is 13.8. The number of nitrogens with zero attached hydrogens (tertiary/aromatic N) is 5. The Morgan fingerprint density at radius 1 is 1.35 bits per heavy atom. The molecule has 1 fully saturated rings. The fraction of sp³-hybridized carbons (Fsp3) is 0.400. The van der Waals surface area contributed by atoms with Crippen molar-refractivity contribution in [1.29, 1.82) is 5.26 Å². The zero-order chi connectivity index (χ0) is 21.8. The quantitative estimate of drug-likeness (QED) is 0.558. The lowest BCUT2D eigenvalue weighted by Gasteiger charge is -2.30. The molecular weight excluding hydrogens is 406 g/mol. The third kappa shape index (κ3) is 4.48. The normalized spacial score (nSPS) is 14.4. The largest absolute Gasteiger partial charge is 0.466 e. The molecule has 0 saturated carbocycles. The summed E-state index contributed by atoms with van der Waals surface area (Å²) in [7, 11) is 1.24. The highest BCUT2D eigenvalue weighted by Crippen LogP contribution is 2.29. The number of methoxy groups -OCH3 is 1. The van der Waals surface area contributed by atoms with Crippen LogP contribution < -0.4 is 0 Å². The van der Waals surface area contributed by atoms with Crippen molar-refractivity contribution in [3.63, 3.8) is 0 Å². The van der Waals surface area contributed by atoms with Crippen LogP contribution in [-0.2, 0) is 20.7 Å². The number of amides is 1. The molecule has 11 nitrogen and oxygen atoms in total. The van der Waals surface area contributed by atoms with Crippen molar-refractivity contribution in [2.24, 2.45) is 5.92 Å². The topological polar surface area (TPSA) is 145 Å². The summed E-state index contributed by atoms with van der Waals surface area (Å²) >= 11 is 0. The first kappa shape index (κ1) is 20.3. The van der Waals surface area contributed by atoms with Gasteiger partial charge in [0, 0.05) is 31.8 Å². The lowest BCUT2D eigenvalue weighted by atomic mass is 9.93. The average Bonchev–Trinajstić information content (AvgIpc) is 3.44. The molecule has 1 saturated heterocycles. The van der Waals surface area contributed by atoms with Crippen molar-refractivity contribution in [1.82, 2.24) is 20.0 Å². The number of hydrogen-bond donors (Lipinski definition) is 0. The maximum atomic E-state index is 12.0. The third-order valence-corrected chi connectivity index (χ3v) is 5.12. The Balaban J connectivity index is 1.34. The minimum Gasteiger partial charge on any atom is -0.466 e. The van der Waals surface area contributed by atoms with Crippen LogP contribution in [0.25, 0.3) is 22.6 Å². The van der Waals surface area contributed by atoms with Crippen molar-refractivity contribution in [2.45, 2.75) is 19.3 Å². The number of piperidine rings is 1. The van der Waals surface area contributed by atoms with Crippen LogP contribution in [0.2, 0.25) is 0 Å². The molecule has 11 heteroatoms. The van der Waals surface area contributed by atoms with Crippen molar-refractivity contribution < 1.29 is 28.0 Å². The van der Waals surface area contributed by atoms with Gasteiger partial charge >= 0.3 is 12.1 Å². The Labute approximate surface area is 176 Å². The van der Waals surface area contributed by atoms with Gasteiger partial charge in [0.15, 0.2) is 23.9 Å². The smallest absolute Gasteiger partial charge is 0.410 e. The second-order valence-electron chi connectivity index (χ2n) is 7.07. The number of likely N-dealkylation sites (tertiary alicyclic amines) is 1. The van der Waals surface area contributed by atoms with Gasteiger partial charge in [-0.2, -0.15) is 10.2 Å². The van der Waals surface area contributed by atoms with E-state index in [0.29, 0.717) is 42.1 Å². The van der Waals surface area contributed by atoms with Crippen LogP contribution in [0.3, 0.4) is 0 Å². The summed E-state index contributed by atoms with van der Waals surface area (Å²) in [6.07, 6.45) is 3.07. The van der Waals surface area contributed by atoms with E-state index in [-0.39, 0.29) is 17.5 Å². The highest BCUT2D eigenvalue weighted by atomic mass is 16.6. The van der Waals surface area contributed by atoms with Gasteiger partial charge in [-0.3, -0.25) is 0 Å². The summed E-state index contributed by atoms with van der Waals surface area (Å²) < 4.78 is 20.4. The van der Waals surface area contributed by atoms with E-state index in [9.17, 15) is 9.59 Å². The van der Waals surface area contributed by atoms with Crippen LogP contribution in [0.4, 0.5) is 4.79 Å². The number of hydrogen-bond acceptors (Lipinski definition) is 10. The van der Waals surface area contributed by atoms with E-state index in [0.717, 1.165) is 12.8 Å². The van der Waals surface area contributed by atoms with Crippen molar-refractivity contribution in [3.05, 3.63) is 29.8 Å². The summed E-state index contributed by atoms with van der Waals surface area (Å²) in [4.78, 5) is 33.0. The van der Waals surface area contributed by atoms with E-state index in [1.165, 1.54) is 13.3 Å². The standard InChI is InChI=1S/C20H19N5O6/c1-28-18(26)11-29-20(27)25-6-3-12(4-7-25)8-17-23-19(31-24-17)16-9-13-14(10-21)22-5-2-15(13)30-16/h2,5,9,12H,3-4,6-8,11H2,1H3. The fourth-order valence-electron chi connectivity index (χ4n) is 3.44. The Hall–Kier alpha value is -3.94. The summed E-state index contributed by atoms with van der Waals surface area (Å²) in [5.41, 5.74) is 0.789. The minimum absolute atomic E-state index is 0.235. The number of rotatable bonds is 5. The number of nitriles is 1. The number of carbonyl (C=O) groups is 2. The van der Waals surface area contributed by atoms with E-state index in [4.69, 9.17) is 18.9 Å². The second-order valence-corrected chi connectivity index (χ2v) is 7.07. The molecule has 0 atom stereocenters. The van der Waals surface area contributed by atoms with Crippen molar-refractivity contribution in [3.8, 4) is 17.7 Å². The molecule has 3 aromatic rings. The van der Waals surface area contributed by atoms with Crippen LogP contribution in [0.5, 0.6) is 0 Å². The predicted octanol–water partition coefficient (Wildman–Crippen LogP) is 2.31. The molecule has 0 spiro atoms. The molecule has 3 aromatic heterocycles. The Kier molecular flexibility index (Phi) is 5.79. The lowest BCUT2D eigenvalue weighted by Crippen LogP contribution is -2.40. The molecule has 4 rings (SSSR count). The molecule has 1 aliphatic rings. The fourth-order valence-corrected chi connectivity index (χ4v) is 3.44. The summed E-state index contributed by atoms with van der Waals surface area (Å²) in [5.74, 6) is 0.835. The predicted molar refractivity (Wildman–Crippen MR) is 103 cm³/mol. The van der Waals surface area contributed by atoms with Crippen LogP contribution >= 0.6 is 0 Å². The maximum Gasteiger partial charge on any atom is 0.410 e. The van der Waals surface area contributed by atoms with Gasteiger partial charge < -0.3 is 23.3 Å². The van der Waals surface area contributed by atoms with Gasteiger partial charge in [0.1, 0.15) is 11.7 Å². The molecule has 1 aliphatic heterocycles. The van der Waals surface area contributed by atoms with Crippen LogP contribution in [-0.4, -0.2) is 58.9 Å². The van der Waals surface area contributed by atoms with Crippen LogP contribution in [0, 0.1) is 17.2 Å². The number of esters is 1. The van der Waals surface area contributed by atoms with Gasteiger partial charge in [-0.1, -0.05) is 5.16 Å². The highest BCUT2D eigenvalue weighted by molar-refractivity contribution is 5.85.